The number of hydrogen-bond acceptors (Lipinski definition) is 7. The van der Waals surface area contributed by atoms with Crippen molar-refractivity contribution in [2.45, 2.75) is 31.3 Å². The molecule has 144 valence electrons. The number of hydrogen-bond donors (Lipinski definition) is 2. The summed E-state index contributed by atoms with van der Waals surface area (Å²) in [5.74, 6) is -0.497. The number of amides is 1. The second-order valence-corrected chi connectivity index (χ2v) is 6.75. The Morgan fingerprint density at radius 1 is 1.26 bits per heavy atom. The van der Waals surface area contributed by atoms with Crippen LogP contribution in [0.25, 0.3) is 0 Å². The highest BCUT2D eigenvalue weighted by Crippen LogP contribution is 2.29. The van der Waals surface area contributed by atoms with E-state index in [1.54, 1.807) is 34.1 Å². The smallest absolute Gasteiger partial charge is 0.414 e. The lowest BCUT2D eigenvalue weighted by molar-refractivity contribution is 0.00789. The Morgan fingerprint density at radius 2 is 2.11 bits per heavy atom. The fourth-order valence-corrected chi connectivity index (χ4v) is 3.42. The van der Waals surface area contributed by atoms with Crippen molar-refractivity contribution in [2.24, 2.45) is 0 Å². The highest BCUT2D eigenvalue weighted by Gasteiger charge is 2.34. The number of halogens is 1. The fourth-order valence-electron chi connectivity index (χ4n) is 3.42. The molecule has 0 aliphatic carbocycles. The Labute approximate surface area is 154 Å². The van der Waals surface area contributed by atoms with Gasteiger partial charge in [0.2, 0.25) is 0 Å². The number of carbonyl (C=O) groups is 1. The summed E-state index contributed by atoms with van der Waals surface area (Å²) in [4.78, 5) is 15.2. The fraction of sp³-hybridized carbons (Fsp3) is 0.471. The normalized spacial score (nSPS) is 25.7. The van der Waals surface area contributed by atoms with Crippen LogP contribution in [0, 0.1) is 5.82 Å². The van der Waals surface area contributed by atoms with Crippen LogP contribution in [-0.4, -0.2) is 69.2 Å². The van der Waals surface area contributed by atoms with Gasteiger partial charge in [0, 0.05) is 19.3 Å². The maximum absolute atomic E-state index is 14.7. The average Bonchev–Trinajstić information content (AvgIpc) is 3.27. The van der Waals surface area contributed by atoms with Gasteiger partial charge < -0.3 is 19.8 Å². The summed E-state index contributed by atoms with van der Waals surface area (Å²) in [6.07, 6.45) is 0.942. The summed E-state index contributed by atoms with van der Waals surface area (Å²) in [5.41, 5.74) is 0.733. The molecule has 2 aromatic rings. The molecule has 1 aromatic heterocycles. The highest BCUT2D eigenvalue weighted by molar-refractivity contribution is 5.90. The van der Waals surface area contributed by atoms with E-state index in [-0.39, 0.29) is 13.1 Å². The largest absolute Gasteiger partial charge is 0.442 e. The van der Waals surface area contributed by atoms with Crippen molar-refractivity contribution < 1.29 is 24.1 Å². The van der Waals surface area contributed by atoms with E-state index < -0.39 is 30.2 Å². The third-order valence-electron chi connectivity index (χ3n) is 4.87. The van der Waals surface area contributed by atoms with E-state index in [4.69, 9.17) is 4.74 Å². The van der Waals surface area contributed by atoms with Gasteiger partial charge in [-0.25, -0.2) is 13.9 Å². The zero-order valence-corrected chi connectivity index (χ0v) is 14.5. The number of aromatic nitrogens is 3. The summed E-state index contributed by atoms with van der Waals surface area (Å²) < 4.78 is 21.5. The molecule has 0 radical (unpaired) electrons. The van der Waals surface area contributed by atoms with Crippen molar-refractivity contribution >= 4 is 17.5 Å². The number of piperidine rings is 1. The third kappa shape index (κ3) is 3.58. The molecule has 0 saturated carbocycles. The number of rotatable bonds is 4. The van der Waals surface area contributed by atoms with E-state index in [0.717, 1.165) is 0 Å². The van der Waals surface area contributed by atoms with Gasteiger partial charge in [-0.05, 0) is 24.6 Å². The van der Waals surface area contributed by atoms with Crippen LogP contribution in [0.1, 0.15) is 6.42 Å². The molecule has 3 atom stereocenters. The molecular weight excluding hydrogens is 357 g/mol. The molecule has 3 heterocycles. The molecule has 1 aromatic carbocycles. The number of nitrogens with zero attached hydrogens (tertiary/aromatic N) is 5. The molecule has 2 fully saturated rings. The molecule has 2 N–H and O–H groups in total. The van der Waals surface area contributed by atoms with E-state index in [1.807, 2.05) is 0 Å². The van der Waals surface area contributed by atoms with E-state index in [0.29, 0.717) is 30.9 Å². The van der Waals surface area contributed by atoms with Crippen molar-refractivity contribution in [3.8, 4) is 0 Å². The lowest BCUT2D eigenvalue weighted by Gasteiger charge is -2.35. The number of β-amino-alcohol motifs (C(OH)–C–C–N with tert-alkyl or cyclic N) is 1. The molecule has 4 rings (SSSR count). The summed E-state index contributed by atoms with van der Waals surface area (Å²) in [5, 5.41) is 27.0. The first kappa shape index (κ1) is 17.7. The van der Waals surface area contributed by atoms with Gasteiger partial charge in [0.25, 0.3) is 0 Å². The molecule has 0 unspecified atom stereocenters. The van der Waals surface area contributed by atoms with Gasteiger partial charge in [0.1, 0.15) is 11.9 Å². The number of anilines is 2. The molecule has 9 nitrogen and oxygen atoms in total. The predicted octanol–water partition coefficient (Wildman–Crippen LogP) is 0.374. The standard InChI is InChI=1S/C17H20FN5O4/c18-13-7-11(1-2-14(13)21-5-3-15(24)16(25)10-21)23-9-12(27-17(23)26)8-22-6-4-19-20-22/h1-2,4,6-7,12,15-16,24-25H,3,5,8-10H2/t12-,15+,16-/m0/s1. The van der Waals surface area contributed by atoms with Gasteiger partial charge >= 0.3 is 6.09 Å². The second kappa shape index (κ2) is 7.12. The Bertz CT molecular complexity index is 818. The maximum atomic E-state index is 14.7. The van der Waals surface area contributed by atoms with Crippen LogP contribution in [0.5, 0.6) is 0 Å². The third-order valence-corrected chi connectivity index (χ3v) is 4.87. The van der Waals surface area contributed by atoms with Gasteiger partial charge in [-0.1, -0.05) is 5.21 Å². The molecule has 10 heteroatoms. The van der Waals surface area contributed by atoms with Crippen LogP contribution in [0.15, 0.2) is 30.6 Å². The topological polar surface area (TPSA) is 104 Å². The molecule has 0 bridgehead atoms. The van der Waals surface area contributed by atoms with Crippen molar-refractivity contribution in [3.05, 3.63) is 36.4 Å². The Hall–Kier alpha value is -2.72. The van der Waals surface area contributed by atoms with Gasteiger partial charge in [-0.2, -0.15) is 0 Å². The molecule has 0 spiro atoms. The minimum absolute atomic E-state index is 0.156. The highest BCUT2D eigenvalue weighted by atomic mass is 19.1. The van der Waals surface area contributed by atoms with Gasteiger partial charge in [-0.3, -0.25) is 4.90 Å². The van der Waals surface area contributed by atoms with Crippen LogP contribution in [0.3, 0.4) is 0 Å². The predicted molar refractivity (Wildman–Crippen MR) is 92.9 cm³/mol. The van der Waals surface area contributed by atoms with Crippen LogP contribution in [0.4, 0.5) is 20.6 Å². The lowest BCUT2D eigenvalue weighted by Crippen LogP contribution is -2.47. The first-order valence-corrected chi connectivity index (χ1v) is 8.74. The minimum atomic E-state index is -0.913. The number of ether oxygens (including phenoxy) is 1. The molecule has 1 amide bonds. The number of benzene rings is 1. The Morgan fingerprint density at radius 3 is 2.81 bits per heavy atom. The summed E-state index contributed by atoms with van der Waals surface area (Å²) in [6.45, 7) is 1.26. The van der Waals surface area contributed by atoms with E-state index in [2.05, 4.69) is 10.3 Å². The second-order valence-electron chi connectivity index (χ2n) is 6.75. The van der Waals surface area contributed by atoms with E-state index >= 15 is 0 Å². The van der Waals surface area contributed by atoms with Crippen LogP contribution in [-0.2, 0) is 11.3 Å². The number of cyclic esters (lactones) is 1. The van der Waals surface area contributed by atoms with Crippen LogP contribution < -0.4 is 9.80 Å². The monoisotopic (exact) mass is 377 g/mol. The molecule has 2 aliphatic heterocycles. The molecule has 27 heavy (non-hydrogen) atoms. The minimum Gasteiger partial charge on any atom is -0.442 e. The zero-order chi connectivity index (χ0) is 19.0. The van der Waals surface area contributed by atoms with Crippen molar-refractivity contribution in [2.75, 3.05) is 29.4 Å². The number of aliphatic hydroxyl groups excluding tert-OH is 2. The average molecular weight is 377 g/mol. The van der Waals surface area contributed by atoms with Crippen molar-refractivity contribution in [1.29, 1.82) is 0 Å². The van der Waals surface area contributed by atoms with Crippen molar-refractivity contribution in [1.82, 2.24) is 15.0 Å². The van der Waals surface area contributed by atoms with Gasteiger partial charge in [0.05, 0.1) is 42.9 Å². The lowest BCUT2D eigenvalue weighted by atomic mass is 10.0. The number of aliphatic hydroxyl groups is 2. The molecule has 2 saturated heterocycles. The SMILES string of the molecule is O=C1O[C@@H](Cn2ccnn2)CN1c1ccc(N2CC[C@@H](O)[C@@H](O)C2)c(F)c1. The Kier molecular flexibility index (Phi) is 4.66. The van der Waals surface area contributed by atoms with Gasteiger partial charge in [-0.15, -0.1) is 5.10 Å². The zero-order valence-electron chi connectivity index (χ0n) is 14.5. The summed E-state index contributed by atoms with van der Waals surface area (Å²) in [7, 11) is 0. The van der Waals surface area contributed by atoms with Gasteiger partial charge in [0.15, 0.2) is 0 Å². The first-order chi connectivity index (χ1) is 13.0. The summed E-state index contributed by atoms with van der Waals surface area (Å²) in [6, 6.07) is 4.51. The first-order valence-electron chi connectivity index (χ1n) is 8.74. The quantitative estimate of drug-likeness (QED) is 0.794. The van der Waals surface area contributed by atoms with Crippen LogP contribution in [0.2, 0.25) is 0 Å². The molecule has 2 aliphatic rings. The summed E-state index contributed by atoms with van der Waals surface area (Å²) >= 11 is 0. The number of carbonyl (C=O) groups excluding carboxylic acids is 1. The maximum Gasteiger partial charge on any atom is 0.414 e. The van der Waals surface area contributed by atoms with Crippen molar-refractivity contribution in [3.63, 3.8) is 0 Å². The van der Waals surface area contributed by atoms with E-state index in [9.17, 15) is 19.4 Å². The molecular formula is C17H20FN5O4. The van der Waals surface area contributed by atoms with Crippen LogP contribution >= 0.6 is 0 Å². The Balaban J connectivity index is 1.46. The van der Waals surface area contributed by atoms with E-state index in [1.165, 1.54) is 11.0 Å².